The molecule has 1 amide bonds. The van der Waals surface area contributed by atoms with E-state index in [1.807, 2.05) is 78.9 Å². The molecule has 1 saturated heterocycles. The van der Waals surface area contributed by atoms with Gasteiger partial charge in [-0.05, 0) is 52.4 Å². The normalized spacial score (nSPS) is 19.4. The Morgan fingerprint density at radius 3 is 2.39 bits per heavy atom. The number of carbonyl (C=O) groups excluding carboxylic acids is 1. The van der Waals surface area contributed by atoms with Crippen LogP contribution < -0.4 is 10.0 Å². The summed E-state index contributed by atoms with van der Waals surface area (Å²) >= 11 is 1.45. The average Bonchev–Trinajstić information content (AvgIpc) is 3.07. The zero-order valence-electron chi connectivity index (χ0n) is 25.6. The molecule has 1 fully saturated rings. The highest BCUT2D eigenvalue weighted by molar-refractivity contribution is 7.99. The molecule has 1 aromatic heterocycles. The number of benzene rings is 3. The highest BCUT2D eigenvalue weighted by Crippen LogP contribution is 2.43. The quantitative estimate of drug-likeness (QED) is 0.0929. The lowest BCUT2D eigenvalue weighted by molar-refractivity contribution is -0.645. The van der Waals surface area contributed by atoms with Gasteiger partial charge < -0.3 is 30.2 Å². The Labute approximate surface area is 272 Å². The van der Waals surface area contributed by atoms with Gasteiger partial charge in [-0.1, -0.05) is 79.3 Å². The van der Waals surface area contributed by atoms with Crippen molar-refractivity contribution in [2.75, 3.05) is 5.75 Å². The second-order valence-electron chi connectivity index (χ2n) is 11.3. The molecule has 1 aliphatic heterocycles. The number of hydrogen-bond acceptors (Lipinski definition) is 7. The number of aliphatic hydroxyl groups excluding tert-OH is 1. The summed E-state index contributed by atoms with van der Waals surface area (Å²) in [5.41, 5.74) is 5.52. The zero-order chi connectivity index (χ0) is 32.5. The second kappa shape index (κ2) is 15.9. The van der Waals surface area contributed by atoms with E-state index >= 15 is 0 Å². The Hall–Kier alpha value is -4.22. The topological polar surface area (TPSA) is 132 Å². The van der Waals surface area contributed by atoms with E-state index in [0.29, 0.717) is 23.7 Å². The Bertz CT molecular complexity index is 1630. The summed E-state index contributed by atoms with van der Waals surface area (Å²) < 4.78 is 14.1. The number of hydrogen-bond donors (Lipinski definition) is 3. The largest absolute Gasteiger partial charge is 0.618 e. The molecule has 3 aromatic carbocycles. The first-order valence-electron chi connectivity index (χ1n) is 15.3. The maximum absolute atomic E-state index is 12.3. The van der Waals surface area contributed by atoms with Crippen LogP contribution >= 0.6 is 11.8 Å². The average molecular weight is 643 g/mol. The first-order valence-corrected chi connectivity index (χ1v) is 16.3. The van der Waals surface area contributed by atoms with Crippen molar-refractivity contribution in [2.45, 2.75) is 62.9 Å². The van der Waals surface area contributed by atoms with Crippen molar-refractivity contribution < 1.29 is 34.0 Å². The molecule has 0 spiro atoms. The van der Waals surface area contributed by atoms with Crippen molar-refractivity contribution >= 4 is 23.6 Å². The molecule has 0 unspecified atom stereocenters. The molecule has 2 heterocycles. The minimum atomic E-state index is -0.910. The molecule has 240 valence electrons. The fourth-order valence-corrected chi connectivity index (χ4v) is 6.50. The van der Waals surface area contributed by atoms with E-state index in [2.05, 4.69) is 12.2 Å². The number of nitrogens with one attached hydrogen (secondary N) is 1. The minimum absolute atomic E-state index is 0.0215. The van der Waals surface area contributed by atoms with Gasteiger partial charge in [0.1, 0.15) is 0 Å². The Balaban J connectivity index is 1.34. The van der Waals surface area contributed by atoms with Gasteiger partial charge in [0.25, 0.3) is 5.03 Å². The molecule has 0 saturated carbocycles. The highest BCUT2D eigenvalue weighted by Gasteiger charge is 2.38. The number of pyridine rings is 1. The molecule has 46 heavy (non-hydrogen) atoms. The number of thioether (sulfide) groups is 1. The van der Waals surface area contributed by atoms with E-state index in [9.17, 15) is 19.9 Å². The number of nitrogens with zero attached hydrogens (tertiary/aromatic N) is 1. The number of aliphatic hydroxyl groups is 1. The summed E-state index contributed by atoms with van der Waals surface area (Å²) in [5.74, 6) is -0.554. The predicted molar refractivity (Wildman–Crippen MR) is 174 cm³/mol. The van der Waals surface area contributed by atoms with Crippen molar-refractivity contribution in [1.29, 1.82) is 0 Å². The number of carboxylic acid groups (broad SMARTS) is 1. The molecule has 3 N–H and O–H groups in total. The molecule has 4 atom stereocenters. The third kappa shape index (κ3) is 8.73. The van der Waals surface area contributed by atoms with E-state index in [1.54, 1.807) is 12.1 Å². The number of carboxylic acids is 1. The third-order valence-corrected chi connectivity index (χ3v) is 9.12. The second-order valence-corrected chi connectivity index (χ2v) is 12.4. The molecule has 10 heteroatoms. The van der Waals surface area contributed by atoms with Gasteiger partial charge in [-0.15, -0.1) is 0 Å². The molecule has 0 aliphatic carbocycles. The SMILES string of the molecule is C[C@@H]1[C@H](CSc2cccc[n+]2[O-])O[C@H](c2cccc(-c3cccc(CNC(=O)CCCC(=O)O)c3)c2)O[C@@H]1c1ccc(CO)cc1. The van der Waals surface area contributed by atoms with Crippen LogP contribution in [-0.2, 0) is 32.2 Å². The number of carbonyl (C=O) groups is 2. The number of ether oxygens (including phenoxy) is 2. The Kier molecular flexibility index (Phi) is 11.4. The van der Waals surface area contributed by atoms with Crippen LogP contribution in [0, 0.1) is 11.1 Å². The van der Waals surface area contributed by atoms with Gasteiger partial charge in [0.05, 0.1) is 18.8 Å². The Morgan fingerprint density at radius 2 is 1.65 bits per heavy atom. The maximum Gasteiger partial charge on any atom is 0.303 e. The molecule has 0 radical (unpaired) electrons. The zero-order valence-corrected chi connectivity index (χ0v) is 26.4. The molecule has 0 bridgehead atoms. The van der Waals surface area contributed by atoms with Crippen LogP contribution in [0.5, 0.6) is 0 Å². The lowest BCUT2D eigenvalue weighted by Gasteiger charge is -2.41. The van der Waals surface area contributed by atoms with Crippen molar-refractivity contribution in [2.24, 2.45) is 5.92 Å². The van der Waals surface area contributed by atoms with Gasteiger partial charge in [-0.3, -0.25) is 9.59 Å². The molecule has 9 nitrogen and oxygen atoms in total. The minimum Gasteiger partial charge on any atom is -0.618 e. The van der Waals surface area contributed by atoms with Crippen molar-refractivity contribution in [3.8, 4) is 11.1 Å². The molecule has 5 rings (SSSR count). The lowest BCUT2D eigenvalue weighted by Crippen LogP contribution is -2.39. The first kappa shape index (κ1) is 33.2. The van der Waals surface area contributed by atoms with Crippen LogP contribution in [0.25, 0.3) is 11.1 Å². The van der Waals surface area contributed by atoms with Crippen molar-refractivity contribution in [3.63, 3.8) is 0 Å². The van der Waals surface area contributed by atoms with Crippen LogP contribution in [0.15, 0.2) is 102 Å². The van der Waals surface area contributed by atoms with E-state index in [-0.39, 0.29) is 43.5 Å². The van der Waals surface area contributed by atoms with E-state index in [4.69, 9.17) is 14.6 Å². The van der Waals surface area contributed by atoms with Gasteiger partial charge in [0.2, 0.25) is 5.91 Å². The lowest BCUT2D eigenvalue weighted by atomic mass is 9.91. The van der Waals surface area contributed by atoms with Gasteiger partial charge in [-0.2, -0.15) is 4.73 Å². The summed E-state index contributed by atoms with van der Waals surface area (Å²) in [7, 11) is 0. The van der Waals surface area contributed by atoms with E-state index < -0.39 is 12.3 Å². The van der Waals surface area contributed by atoms with Crippen molar-refractivity contribution in [3.05, 3.63) is 125 Å². The molecule has 1 aliphatic rings. The molecule has 4 aromatic rings. The summed E-state index contributed by atoms with van der Waals surface area (Å²) in [4.78, 5) is 22.9. The molecular formula is C36H38N2O7S. The molecular weight excluding hydrogens is 604 g/mol. The first-order chi connectivity index (χ1) is 22.3. The fraction of sp³-hybridized carbons (Fsp3) is 0.306. The monoisotopic (exact) mass is 642 g/mol. The standard InChI is InChI=1S/C36H38N2O7S/c1-24-31(23-46-33-12-2-3-18-38(33)43)44-36(45-35(24)27-16-14-25(22-39)15-17-27)30-10-5-9-29(20-30)28-8-4-7-26(19-28)21-37-32(40)11-6-13-34(41)42/h2-5,7-10,12,14-20,24,31,35-36,39H,6,11,13,21-23H2,1H3,(H,37,40)(H,41,42)/t24-,31+,35+,36+/m1/s1. The van der Waals surface area contributed by atoms with Crippen LogP contribution in [0.2, 0.25) is 0 Å². The maximum atomic E-state index is 12.3. The number of aromatic nitrogens is 1. The highest BCUT2D eigenvalue weighted by atomic mass is 32.2. The summed E-state index contributed by atoms with van der Waals surface area (Å²) in [6.45, 7) is 2.40. The van der Waals surface area contributed by atoms with Gasteiger partial charge in [-0.25, -0.2) is 0 Å². The van der Waals surface area contributed by atoms with Gasteiger partial charge >= 0.3 is 5.97 Å². The van der Waals surface area contributed by atoms with Crippen LogP contribution in [0.4, 0.5) is 0 Å². The van der Waals surface area contributed by atoms with Crippen LogP contribution in [0.1, 0.15) is 60.8 Å². The van der Waals surface area contributed by atoms with Crippen molar-refractivity contribution in [1.82, 2.24) is 5.32 Å². The van der Waals surface area contributed by atoms with Crippen LogP contribution in [0.3, 0.4) is 0 Å². The number of amides is 1. The summed E-state index contributed by atoms with van der Waals surface area (Å²) in [6, 6.07) is 29.0. The third-order valence-electron chi connectivity index (χ3n) is 8.01. The Morgan fingerprint density at radius 1 is 0.891 bits per heavy atom. The van der Waals surface area contributed by atoms with Gasteiger partial charge in [0, 0.05) is 48.8 Å². The summed E-state index contributed by atoms with van der Waals surface area (Å²) in [5, 5.41) is 34.1. The smallest absolute Gasteiger partial charge is 0.303 e. The number of aliphatic carboxylic acids is 1. The van der Waals surface area contributed by atoms with Gasteiger partial charge in [0.15, 0.2) is 12.5 Å². The fourth-order valence-electron chi connectivity index (χ4n) is 5.42. The van der Waals surface area contributed by atoms with E-state index in [0.717, 1.165) is 38.1 Å². The number of rotatable bonds is 13. The van der Waals surface area contributed by atoms with E-state index in [1.165, 1.54) is 18.0 Å². The van der Waals surface area contributed by atoms with Crippen LogP contribution in [-0.4, -0.2) is 33.9 Å². The summed E-state index contributed by atoms with van der Waals surface area (Å²) in [6.07, 6.45) is 0.765. The predicted octanol–water partition coefficient (Wildman–Crippen LogP) is 5.93.